The molecule has 2 fully saturated rings. The van der Waals surface area contributed by atoms with Crippen LogP contribution in [-0.4, -0.2) is 24.4 Å². The third-order valence-corrected chi connectivity index (χ3v) is 7.24. The zero-order chi connectivity index (χ0) is 22.6. The van der Waals surface area contributed by atoms with Crippen molar-refractivity contribution in [2.45, 2.75) is 52.0 Å². The Morgan fingerprint density at radius 2 is 1.97 bits per heavy atom. The lowest BCUT2D eigenvalue weighted by molar-refractivity contribution is -0.111. The lowest BCUT2D eigenvalue weighted by Crippen LogP contribution is -2.43. The highest BCUT2D eigenvalue weighted by Gasteiger charge is 2.42. The number of carbonyl (C=O) groups excluding carboxylic acids is 1. The Balaban J connectivity index is 1.30. The summed E-state index contributed by atoms with van der Waals surface area (Å²) in [5, 5.41) is 2.82. The largest absolute Gasteiger partial charge is 0.397 e. The van der Waals surface area contributed by atoms with E-state index in [1.807, 2.05) is 18.2 Å². The van der Waals surface area contributed by atoms with E-state index in [0.717, 1.165) is 23.9 Å². The van der Waals surface area contributed by atoms with Crippen molar-refractivity contribution < 1.29 is 4.79 Å². The van der Waals surface area contributed by atoms with Gasteiger partial charge in [-0.2, -0.15) is 0 Å². The number of para-hydroxylation sites is 2. The Bertz CT molecular complexity index is 947. The number of nitrogens with one attached hydrogen (secondary N) is 1. The highest BCUT2D eigenvalue weighted by atomic mass is 16.1. The number of hydrogen-bond donors (Lipinski definition) is 2. The van der Waals surface area contributed by atoms with Crippen LogP contribution in [0, 0.1) is 17.3 Å². The summed E-state index contributed by atoms with van der Waals surface area (Å²) in [6.45, 7) is 4.63. The minimum Gasteiger partial charge on any atom is -0.397 e. The number of rotatable bonds is 7. The van der Waals surface area contributed by atoms with Gasteiger partial charge in [-0.25, -0.2) is 0 Å². The SMILES string of the molecule is CC1CC2CCCC(CN(C)Cc3ccc(/C=C/C(=O)Nc4ccccc4N)cc3)(C1)C2. The predicted octanol–water partition coefficient (Wildman–Crippen LogP) is 5.96. The van der Waals surface area contributed by atoms with Crippen molar-refractivity contribution >= 4 is 23.4 Å². The fourth-order valence-corrected chi connectivity index (χ4v) is 6.20. The molecule has 4 nitrogen and oxygen atoms in total. The Morgan fingerprint density at radius 1 is 1.19 bits per heavy atom. The van der Waals surface area contributed by atoms with Crippen molar-refractivity contribution in [3.05, 3.63) is 65.7 Å². The summed E-state index contributed by atoms with van der Waals surface area (Å²) in [5.41, 5.74) is 9.95. The van der Waals surface area contributed by atoms with Gasteiger partial charge in [0.05, 0.1) is 11.4 Å². The second-order valence-electron chi connectivity index (χ2n) is 10.3. The number of nitrogen functional groups attached to an aromatic ring is 1. The third-order valence-electron chi connectivity index (χ3n) is 7.24. The van der Waals surface area contributed by atoms with Crippen LogP contribution in [-0.2, 0) is 11.3 Å². The van der Waals surface area contributed by atoms with Crippen LogP contribution in [0.2, 0.25) is 0 Å². The van der Waals surface area contributed by atoms with Crippen LogP contribution >= 0.6 is 0 Å². The van der Waals surface area contributed by atoms with Gasteiger partial charge in [0.15, 0.2) is 0 Å². The zero-order valence-corrected chi connectivity index (χ0v) is 19.5. The van der Waals surface area contributed by atoms with Gasteiger partial charge in [-0.05, 0) is 79.3 Å². The maximum absolute atomic E-state index is 12.2. The average molecular weight is 432 g/mol. The minimum atomic E-state index is -0.182. The maximum Gasteiger partial charge on any atom is 0.248 e. The smallest absolute Gasteiger partial charge is 0.248 e. The molecule has 2 bridgehead atoms. The minimum absolute atomic E-state index is 0.182. The van der Waals surface area contributed by atoms with E-state index >= 15 is 0 Å². The first-order valence-electron chi connectivity index (χ1n) is 12.0. The summed E-state index contributed by atoms with van der Waals surface area (Å²) in [6.07, 6.45) is 11.9. The highest BCUT2D eigenvalue weighted by molar-refractivity contribution is 6.03. The fraction of sp³-hybridized carbons (Fsp3) is 0.464. The van der Waals surface area contributed by atoms with Gasteiger partial charge in [-0.3, -0.25) is 4.79 Å². The lowest BCUT2D eigenvalue weighted by atomic mass is 9.59. The van der Waals surface area contributed by atoms with E-state index in [2.05, 4.69) is 48.5 Å². The van der Waals surface area contributed by atoms with E-state index in [1.165, 1.54) is 50.6 Å². The third kappa shape index (κ3) is 5.80. The zero-order valence-electron chi connectivity index (χ0n) is 19.5. The number of carbonyl (C=O) groups is 1. The molecule has 2 aromatic rings. The molecule has 32 heavy (non-hydrogen) atoms. The Morgan fingerprint density at radius 3 is 2.75 bits per heavy atom. The van der Waals surface area contributed by atoms with Crippen molar-refractivity contribution in [2.24, 2.45) is 17.3 Å². The van der Waals surface area contributed by atoms with Crippen molar-refractivity contribution in [1.82, 2.24) is 4.90 Å². The molecule has 0 aliphatic heterocycles. The standard InChI is InChI=1S/C28H37N3O/c1-21-16-24-6-5-15-28(17-21,18-24)20-31(2)19-23-11-9-22(10-12-23)13-14-27(32)30-26-8-4-3-7-25(26)29/h3-4,7-14,21,24H,5-6,15-20,29H2,1-2H3,(H,30,32)/b14-13+. The molecule has 0 spiro atoms. The lowest BCUT2D eigenvalue weighted by Gasteiger charge is -2.49. The molecule has 0 aromatic heterocycles. The van der Waals surface area contributed by atoms with E-state index in [-0.39, 0.29) is 5.91 Å². The summed E-state index contributed by atoms with van der Waals surface area (Å²) < 4.78 is 0. The van der Waals surface area contributed by atoms with Gasteiger partial charge in [0.1, 0.15) is 0 Å². The molecule has 2 aliphatic rings. The van der Waals surface area contributed by atoms with Crippen molar-refractivity contribution in [2.75, 3.05) is 24.6 Å². The molecule has 4 heteroatoms. The van der Waals surface area contributed by atoms with Gasteiger partial charge in [0.2, 0.25) is 5.91 Å². The second-order valence-corrected chi connectivity index (χ2v) is 10.3. The quantitative estimate of drug-likeness (QED) is 0.420. The van der Waals surface area contributed by atoms with Crippen LogP contribution < -0.4 is 11.1 Å². The molecule has 170 valence electrons. The molecular formula is C28H37N3O. The molecular weight excluding hydrogens is 394 g/mol. The summed E-state index contributed by atoms with van der Waals surface area (Å²) >= 11 is 0. The van der Waals surface area contributed by atoms with Crippen molar-refractivity contribution in [3.63, 3.8) is 0 Å². The van der Waals surface area contributed by atoms with E-state index in [4.69, 9.17) is 5.73 Å². The van der Waals surface area contributed by atoms with Crippen LogP contribution in [0.15, 0.2) is 54.6 Å². The molecule has 2 aromatic carbocycles. The number of nitrogens with zero attached hydrogens (tertiary/aromatic N) is 1. The number of nitrogens with two attached hydrogens (primary N) is 1. The monoisotopic (exact) mass is 431 g/mol. The van der Waals surface area contributed by atoms with E-state index in [0.29, 0.717) is 16.8 Å². The summed E-state index contributed by atoms with van der Waals surface area (Å²) in [5.74, 6) is 1.66. The molecule has 0 radical (unpaired) electrons. The van der Waals surface area contributed by atoms with Crippen molar-refractivity contribution in [3.8, 4) is 0 Å². The topological polar surface area (TPSA) is 58.4 Å². The number of benzene rings is 2. The summed E-state index contributed by atoms with van der Waals surface area (Å²) in [4.78, 5) is 14.7. The van der Waals surface area contributed by atoms with Gasteiger partial charge in [0, 0.05) is 19.2 Å². The average Bonchev–Trinajstić information content (AvgIpc) is 2.74. The Kier molecular flexibility index (Phi) is 7.00. The Labute approximate surface area is 192 Å². The van der Waals surface area contributed by atoms with E-state index in [1.54, 1.807) is 18.2 Å². The van der Waals surface area contributed by atoms with Gasteiger partial charge in [-0.15, -0.1) is 0 Å². The number of fused-ring (bicyclic) bond motifs is 2. The number of anilines is 2. The number of hydrogen-bond acceptors (Lipinski definition) is 3. The molecule has 1 amide bonds. The van der Waals surface area contributed by atoms with Gasteiger partial charge in [-0.1, -0.05) is 56.2 Å². The molecule has 3 atom stereocenters. The maximum atomic E-state index is 12.2. The van der Waals surface area contributed by atoms with Crippen LogP contribution in [0.25, 0.3) is 6.08 Å². The first-order valence-corrected chi connectivity index (χ1v) is 12.0. The number of amides is 1. The predicted molar refractivity (Wildman–Crippen MR) is 134 cm³/mol. The van der Waals surface area contributed by atoms with E-state index < -0.39 is 0 Å². The second kappa shape index (κ2) is 9.91. The van der Waals surface area contributed by atoms with Crippen LogP contribution in [0.4, 0.5) is 11.4 Å². The molecule has 0 heterocycles. The Hall–Kier alpha value is -2.59. The molecule has 2 aliphatic carbocycles. The summed E-state index contributed by atoms with van der Waals surface area (Å²) in [6, 6.07) is 15.8. The van der Waals surface area contributed by atoms with E-state index in [9.17, 15) is 4.79 Å². The van der Waals surface area contributed by atoms with Gasteiger partial charge in [0.25, 0.3) is 0 Å². The molecule has 0 saturated heterocycles. The van der Waals surface area contributed by atoms with Crippen LogP contribution in [0.1, 0.15) is 56.6 Å². The van der Waals surface area contributed by atoms with Crippen LogP contribution in [0.3, 0.4) is 0 Å². The molecule has 3 unspecified atom stereocenters. The molecule has 4 rings (SSSR count). The normalized spacial score (nSPS) is 25.2. The van der Waals surface area contributed by atoms with Crippen molar-refractivity contribution in [1.29, 1.82) is 0 Å². The highest BCUT2D eigenvalue weighted by Crippen LogP contribution is 2.51. The van der Waals surface area contributed by atoms with Gasteiger partial charge < -0.3 is 16.0 Å². The fourth-order valence-electron chi connectivity index (χ4n) is 6.20. The molecule has 2 saturated carbocycles. The first kappa shape index (κ1) is 22.6. The van der Waals surface area contributed by atoms with Gasteiger partial charge >= 0.3 is 0 Å². The summed E-state index contributed by atoms with van der Waals surface area (Å²) in [7, 11) is 2.27. The molecule has 3 N–H and O–H groups in total. The van der Waals surface area contributed by atoms with Crippen LogP contribution in [0.5, 0.6) is 0 Å². The first-order chi connectivity index (χ1) is 15.4.